The Morgan fingerprint density at radius 3 is 2.26 bits per heavy atom. The van der Waals surface area contributed by atoms with Crippen LogP contribution in [0.1, 0.15) is 66.7 Å². The number of anilines is 2. The maximum absolute atomic E-state index is 12.9. The highest BCUT2D eigenvalue weighted by Gasteiger charge is 2.22. The monoisotopic (exact) mass is 629 g/mol. The highest BCUT2D eigenvalue weighted by molar-refractivity contribution is 5.97. The maximum Gasteiger partial charge on any atom is 0.326 e. The molecule has 2 amide bonds. The number of H-pyrrole nitrogens is 1. The van der Waals surface area contributed by atoms with Crippen molar-refractivity contribution in [1.29, 1.82) is 0 Å². The van der Waals surface area contributed by atoms with Crippen LogP contribution in [0.2, 0.25) is 0 Å². The number of fused-ring (bicyclic) bond motifs is 1. The van der Waals surface area contributed by atoms with E-state index in [0.717, 1.165) is 12.0 Å². The van der Waals surface area contributed by atoms with Crippen LogP contribution in [0.3, 0.4) is 0 Å². The molecule has 0 radical (unpaired) electrons. The number of aromatic amines is 1. The van der Waals surface area contributed by atoms with Gasteiger partial charge in [0.25, 0.3) is 11.5 Å². The zero-order chi connectivity index (χ0) is 33.4. The molecular weight excluding hydrogens is 594 g/mol. The average Bonchev–Trinajstić information content (AvgIpc) is 3.01. The molecule has 0 bridgehead atoms. The quantitative estimate of drug-likeness (QED) is 0.119. The van der Waals surface area contributed by atoms with Crippen LogP contribution in [-0.2, 0) is 27.3 Å². The Balaban J connectivity index is 1.36. The molecule has 0 aliphatic rings. The van der Waals surface area contributed by atoms with Crippen LogP contribution in [0.4, 0.5) is 11.6 Å². The summed E-state index contributed by atoms with van der Waals surface area (Å²) in [6.45, 7) is 6.24. The Hall–Kier alpha value is -5.66. The van der Waals surface area contributed by atoms with Gasteiger partial charge in [-0.2, -0.15) is 4.98 Å². The van der Waals surface area contributed by atoms with Crippen LogP contribution in [0.25, 0.3) is 11.2 Å². The lowest BCUT2D eigenvalue weighted by atomic mass is 9.96. The highest BCUT2D eigenvalue weighted by Crippen LogP contribution is 2.19. The van der Waals surface area contributed by atoms with Crippen LogP contribution in [-0.4, -0.2) is 59.9 Å². The summed E-state index contributed by atoms with van der Waals surface area (Å²) < 4.78 is 0. The second-order valence-corrected chi connectivity index (χ2v) is 11.2. The minimum absolute atomic E-state index is 0.00556. The van der Waals surface area contributed by atoms with Crippen LogP contribution in [0.5, 0.6) is 0 Å². The van der Waals surface area contributed by atoms with Crippen LogP contribution >= 0.6 is 0 Å². The van der Waals surface area contributed by atoms with Gasteiger partial charge in [0, 0.05) is 17.7 Å². The average molecular weight is 630 g/mol. The van der Waals surface area contributed by atoms with E-state index in [4.69, 9.17) is 5.11 Å². The summed E-state index contributed by atoms with van der Waals surface area (Å²) in [6, 6.07) is 12.7. The number of carbonyl (C=O) groups is 4. The Morgan fingerprint density at radius 2 is 1.63 bits per heavy atom. The topological polar surface area (TPSA) is 216 Å². The highest BCUT2D eigenvalue weighted by atomic mass is 16.4. The number of carboxylic acid groups (broad SMARTS) is 2. The van der Waals surface area contributed by atoms with E-state index in [9.17, 15) is 29.1 Å². The largest absolute Gasteiger partial charge is 0.481 e. The third-order valence-electron chi connectivity index (χ3n) is 7.10. The summed E-state index contributed by atoms with van der Waals surface area (Å²) in [7, 11) is 0. The molecule has 0 aliphatic heterocycles. The van der Waals surface area contributed by atoms with Gasteiger partial charge in [0.05, 0.1) is 24.4 Å². The molecule has 46 heavy (non-hydrogen) atoms. The number of carbonyl (C=O) groups excluding carboxylic acids is 2. The molecule has 0 saturated carbocycles. The predicted molar refractivity (Wildman–Crippen MR) is 170 cm³/mol. The predicted octanol–water partition coefficient (Wildman–Crippen LogP) is 3.31. The molecule has 14 nitrogen and oxygen atoms in total. The van der Waals surface area contributed by atoms with Crippen molar-refractivity contribution in [2.45, 2.75) is 58.5 Å². The van der Waals surface area contributed by atoms with Gasteiger partial charge in [-0.3, -0.25) is 29.5 Å². The molecule has 14 heteroatoms. The SMILES string of the molecule is CC(C)Cc1ccc(C(C)C(=O)Nc2nc3ncc(CNc4ccc(C(=O)N[C@@H](CCC(=O)O)C(=O)O)cc4)nc3c(=O)[nH]2)cc1. The van der Waals surface area contributed by atoms with E-state index in [2.05, 4.69) is 49.7 Å². The molecule has 240 valence electrons. The summed E-state index contributed by atoms with van der Waals surface area (Å²) in [6.07, 6.45) is 1.75. The summed E-state index contributed by atoms with van der Waals surface area (Å²) >= 11 is 0. The zero-order valence-corrected chi connectivity index (χ0v) is 25.5. The van der Waals surface area contributed by atoms with Gasteiger partial charge >= 0.3 is 11.9 Å². The first-order chi connectivity index (χ1) is 21.9. The number of carboxylic acids is 2. The first-order valence-corrected chi connectivity index (χ1v) is 14.6. The van der Waals surface area contributed by atoms with Gasteiger partial charge < -0.3 is 20.8 Å². The number of benzene rings is 2. The van der Waals surface area contributed by atoms with Gasteiger partial charge in [-0.25, -0.2) is 14.8 Å². The van der Waals surface area contributed by atoms with Crippen LogP contribution < -0.4 is 21.5 Å². The lowest BCUT2D eigenvalue weighted by molar-refractivity contribution is -0.140. The lowest BCUT2D eigenvalue weighted by Gasteiger charge is -2.14. The fraction of sp³-hybridized carbons (Fsp3) is 0.312. The van der Waals surface area contributed by atoms with E-state index in [-0.39, 0.29) is 41.5 Å². The molecule has 0 saturated heterocycles. The maximum atomic E-state index is 12.9. The number of nitrogens with one attached hydrogen (secondary N) is 4. The zero-order valence-electron chi connectivity index (χ0n) is 25.5. The fourth-order valence-corrected chi connectivity index (χ4v) is 4.59. The molecule has 2 aromatic carbocycles. The number of aromatic nitrogens is 4. The molecule has 4 aromatic rings. The Morgan fingerprint density at radius 1 is 0.935 bits per heavy atom. The van der Waals surface area contributed by atoms with Crippen molar-refractivity contribution in [2.24, 2.45) is 5.92 Å². The van der Waals surface area contributed by atoms with Gasteiger partial charge in [0.2, 0.25) is 11.9 Å². The van der Waals surface area contributed by atoms with Crippen molar-refractivity contribution in [1.82, 2.24) is 25.3 Å². The number of nitrogens with zero attached hydrogens (tertiary/aromatic N) is 3. The molecule has 2 heterocycles. The second kappa shape index (κ2) is 14.9. The van der Waals surface area contributed by atoms with E-state index in [1.54, 1.807) is 19.1 Å². The first-order valence-electron chi connectivity index (χ1n) is 14.6. The minimum atomic E-state index is -1.33. The van der Waals surface area contributed by atoms with Crippen molar-refractivity contribution < 1.29 is 29.4 Å². The summed E-state index contributed by atoms with van der Waals surface area (Å²) in [5.74, 6) is -3.47. The molecule has 2 atom stereocenters. The number of hydrogen-bond acceptors (Lipinski definition) is 9. The van der Waals surface area contributed by atoms with Gasteiger partial charge in [-0.1, -0.05) is 38.1 Å². The smallest absolute Gasteiger partial charge is 0.326 e. The third-order valence-corrected chi connectivity index (χ3v) is 7.10. The molecule has 0 fully saturated rings. The first kappa shape index (κ1) is 33.2. The van der Waals surface area contributed by atoms with Crippen molar-refractivity contribution in [2.75, 3.05) is 10.6 Å². The number of hydrogen-bond donors (Lipinski definition) is 6. The normalized spacial score (nSPS) is 12.3. The lowest BCUT2D eigenvalue weighted by Crippen LogP contribution is -2.41. The molecule has 1 unspecified atom stereocenters. The molecule has 0 spiro atoms. The number of aliphatic carboxylic acids is 2. The van der Waals surface area contributed by atoms with Crippen molar-refractivity contribution in [3.05, 3.63) is 87.5 Å². The minimum Gasteiger partial charge on any atom is -0.481 e. The van der Waals surface area contributed by atoms with Gasteiger partial charge in [0.15, 0.2) is 11.2 Å². The molecule has 6 N–H and O–H groups in total. The van der Waals surface area contributed by atoms with E-state index in [1.807, 2.05) is 24.3 Å². The fourth-order valence-electron chi connectivity index (χ4n) is 4.59. The van der Waals surface area contributed by atoms with Crippen molar-refractivity contribution >= 4 is 46.6 Å². The number of amides is 2. The molecule has 2 aromatic heterocycles. The summed E-state index contributed by atoms with van der Waals surface area (Å²) in [5, 5.41) is 26.1. The van der Waals surface area contributed by atoms with E-state index in [1.165, 1.54) is 23.9 Å². The van der Waals surface area contributed by atoms with E-state index < -0.39 is 41.8 Å². The van der Waals surface area contributed by atoms with Crippen molar-refractivity contribution in [3.63, 3.8) is 0 Å². The van der Waals surface area contributed by atoms with Gasteiger partial charge in [-0.15, -0.1) is 0 Å². The standard InChI is InChI=1S/C32H35N7O7/c1-17(2)14-19-4-6-20(7-5-19)18(3)28(42)38-32-37-27-26(30(44)39-32)35-23(16-34-27)15-33-22-10-8-21(9-11-22)29(43)36-24(31(45)46)12-13-25(40)41/h4-11,16-18,24,33H,12-15H2,1-3H3,(H,36,43)(H,40,41)(H,45,46)(H2,34,37,38,39,42,44)/t18?,24-/m0/s1. The van der Waals surface area contributed by atoms with Gasteiger partial charge in [0.1, 0.15) is 6.04 Å². The van der Waals surface area contributed by atoms with E-state index in [0.29, 0.717) is 17.3 Å². The second-order valence-electron chi connectivity index (χ2n) is 11.2. The molecular formula is C32H35N7O7. The Labute approximate surface area is 263 Å². The third kappa shape index (κ3) is 8.94. The number of rotatable bonds is 14. The van der Waals surface area contributed by atoms with Crippen molar-refractivity contribution in [3.8, 4) is 0 Å². The Bertz CT molecular complexity index is 1790. The molecule has 0 aliphatic carbocycles. The summed E-state index contributed by atoms with van der Waals surface area (Å²) in [4.78, 5) is 75.6. The molecule has 4 rings (SSSR count). The van der Waals surface area contributed by atoms with E-state index >= 15 is 0 Å². The Kier molecular flexibility index (Phi) is 10.8. The van der Waals surface area contributed by atoms with Crippen LogP contribution in [0, 0.1) is 5.92 Å². The van der Waals surface area contributed by atoms with Gasteiger partial charge in [-0.05, 0) is 61.1 Å². The summed E-state index contributed by atoms with van der Waals surface area (Å²) in [5.41, 5.74) is 2.74. The van der Waals surface area contributed by atoms with Crippen LogP contribution in [0.15, 0.2) is 59.5 Å².